The van der Waals surface area contributed by atoms with Crippen molar-refractivity contribution >= 4 is 17.7 Å². The van der Waals surface area contributed by atoms with Crippen LogP contribution in [0.4, 0.5) is 0 Å². The Morgan fingerprint density at radius 2 is 1.82 bits per heavy atom. The van der Waals surface area contributed by atoms with E-state index in [0.717, 1.165) is 18.4 Å². The smallest absolute Gasteiger partial charge is 0.268 e. The predicted octanol–water partition coefficient (Wildman–Crippen LogP) is 4.15. The maximum absolute atomic E-state index is 13.8. The second-order valence-corrected chi connectivity index (χ2v) is 10.9. The van der Waals surface area contributed by atoms with Crippen LogP contribution in [0.15, 0.2) is 43.0 Å². The van der Waals surface area contributed by atoms with Crippen LogP contribution in [0.25, 0.3) is 0 Å². The van der Waals surface area contributed by atoms with Crippen LogP contribution >= 0.6 is 0 Å². The highest BCUT2D eigenvalue weighted by Gasteiger charge is 2.36. The van der Waals surface area contributed by atoms with Gasteiger partial charge in [-0.25, -0.2) is 25.2 Å². The highest BCUT2D eigenvalue weighted by Crippen LogP contribution is 2.29. The van der Waals surface area contributed by atoms with Gasteiger partial charge >= 0.3 is 0 Å². The first-order chi connectivity index (χ1) is 18.9. The molecule has 1 aromatic carbocycles. The van der Waals surface area contributed by atoms with E-state index in [9.17, 15) is 19.6 Å². The van der Waals surface area contributed by atoms with Gasteiger partial charge < -0.3 is 0 Å². The molecule has 1 atom stereocenters. The van der Waals surface area contributed by atoms with Gasteiger partial charge in [-0.05, 0) is 36.7 Å². The molecule has 0 unspecified atom stereocenters. The molecule has 3 rings (SSSR count). The third-order valence-electron chi connectivity index (χ3n) is 7.48. The zero-order valence-electron chi connectivity index (χ0n) is 23.4. The van der Waals surface area contributed by atoms with Crippen LogP contribution in [0.3, 0.4) is 0 Å². The highest BCUT2D eigenvalue weighted by molar-refractivity contribution is 5.89. The van der Waals surface area contributed by atoms with E-state index in [0.29, 0.717) is 25.2 Å². The number of aromatic nitrogens is 3. The van der Waals surface area contributed by atoms with Crippen LogP contribution in [-0.2, 0) is 27.3 Å². The zero-order valence-corrected chi connectivity index (χ0v) is 23.4. The highest BCUT2D eigenvalue weighted by atomic mass is 16.5. The maximum Gasteiger partial charge on any atom is 0.268 e. The molecule has 1 aliphatic rings. The second kappa shape index (κ2) is 16.0. The van der Waals surface area contributed by atoms with Gasteiger partial charge in [-0.1, -0.05) is 89.1 Å². The van der Waals surface area contributed by atoms with Crippen molar-refractivity contribution in [2.75, 3.05) is 6.54 Å². The number of benzene rings is 1. The van der Waals surface area contributed by atoms with Gasteiger partial charge in [0.1, 0.15) is 25.2 Å². The van der Waals surface area contributed by atoms with Crippen molar-refractivity contribution in [1.29, 1.82) is 0 Å². The molecule has 0 bridgehead atoms. The molecule has 10 heteroatoms. The number of hydrogen-bond acceptors (Lipinski definition) is 6. The van der Waals surface area contributed by atoms with Gasteiger partial charge in [0.15, 0.2) is 0 Å². The first-order valence-corrected chi connectivity index (χ1v) is 14.3. The minimum Gasteiger partial charge on any atom is -0.289 e. The molecule has 0 aliphatic heterocycles. The van der Waals surface area contributed by atoms with Gasteiger partial charge in [0.05, 0.1) is 0 Å². The molecule has 3 amide bonds. The molecule has 1 aromatic heterocycles. The molecule has 2 aromatic rings. The number of nitrogens with zero attached hydrogens (tertiary/aromatic N) is 5. The summed E-state index contributed by atoms with van der Waals surface area (Å²) < 4.78 is 1.40. The molecule has 1 fully saturated rings. The number of hydrazine groups is 1. The van der Waals surface area contributed by atoms with Crippen LogP contribution in [0.1, 0.15) is 83.6 Å². The Balaban J connectivity index is 1.89. The number of amides is 3. The van der Waals surface area contributed by atoms with Crippen LogP contribution in [-0.4, -0.2) is 60.3 Å². The van der Waals surface area contributed by atoms with Crippen LogP contribution in [0, 0.1) is 11.8 Å². The van der Waals surface area contributed by atoms with Crippen molar-refractivity contribution < 1.29 is 19.6 Å². The lowest BCUT2D eigenvalue weighted by atomic mass is 9.85. The number of carbonyl (C=O) groups excluding carboxylic acids is 3. The molecule has 0 saturated heterocycles. The van der Waals surface area contributed by atoms with Gasteiger partial charge in [-0.15, -0.1) is 0 Å². The van der Waals surface area contributed by atoms with Gasteiger partial charge in [0.2, 0.25) is 5.91 Å². The van der Waals surface area contributed by atoms with Gasteiger partial charge in [-0.2, -0.15) is 5.10 Å². The second-order valence-electron chi connectivity index (χ2n) is 10.9. The molecule has 39 heavy (non-hydrogen) atoms. The number of rotatable bonds is 14. The summed E-state index contributed by atoms with van der Waals surface area (Å²) in [6.07, 6.45) is 12.2. The molecule has 1 heterocycles. The van der Waals surface area contributed by atoms with Gasteiger partial charge in [0.25, 0.3) is 11.8 Å². The van der Waals surface area contributed by atoms with Gasteiger partial charge in [0, 0.05) is 13.0 Å². The van der Waals surface area contributed by atoms with Crippen LogP contribution < -0.4 is 5.48 Å². The van der Waals surface area contributed by atoms with Crippen molar-refractivity contribution in [2.24, 2.45) is 11.8 Å². The molecule has 1 saturated carbocycles. The van der Waals surface area contributed by atoms with Crippen molar-refractivity contribution in [3.8, 4) is 0 Å². The van der Waals surface area contributed by atoms with E-state index < -0.39 is 11.9 Å². The van der Waals surface area contributed by atoms with Crippen molar-refractivity contribution in [2.45, 2.75) is 97.1 Å². The Labute approximate surface area is 231 Å². The summed E-state index contributed by atoms with van der Waals surface area (Å²) in [5.41, 5.74) is 2.77. The first kappa shape index (κ1) is 30.3. The molecule has 0 spiro atoms. The summed E-state index contributed by atoms with van der Waals surface area (Å²) in [7, 11) is 0. The lowest BCUT2D eigenvalue weighted by Crippen LogP contribution is -2.59. The Hall–Kier alpha value is -3.27. The summed E-state index contributed by atoms with van der Waals surface area (Å²) in [4.78, 5) is 44.5. The van der Waals surface area contributed by atoms with Gasteiger partial charge in [-0.3, -0.25) is 19.6 Å². The Morgan fingerprint density at radius 3 is 2.46 bits per heavy atom. The summed E-state index contributed by atoms with van der Waals surface area (Å²) in [5.74, 6) is -0.484. The first-order valence-electron chi connectivity index (χ1n) is 14.3. The predicted molar refractivity (Wildman–Crippen MR) is 147 cm³/mol. The number of hydroxylamine groups is 1. The molecule has 214 valence electrons. The average Bonchev–Trinajstić information content (AvgIpc) is 3.46. The average molecular weight is 541 g/mol. The molecule has 10 nitrogen and oxygen atoms in total. The molecular formula is C29H44N6O4. The summed E-state index contributed by atoms with van der Waals surface area (Å²) >= 11 is 0. The van der Waals surface area contributed by atoms with E-state index >= 15 is 0 Å². The molecular weight excluding hydrogens is 496 g/mol. The maximum atomic E-state index is 13.8. The van der Waals surface area contributed by atoms with E-state index in [1.807, 2.05) is 44.2 Å². The third-order valence-corrected chi connectivity index (χ3v) is 7.48. The molecule has 0 radical (unpaired) electrons. The normalized spacial score (nSPS) is 14.7. The minimum absolute atomic E-state index is 0.127. The largest absolute Gasteiger partial charge is 0.289 e. The molecule has 1 aliphatic carbocycles. The monoisotopic (exact) mass is 540 g/mol. The fourth-order valence-electron chi connectivity index (χ4n) is 5.28. The fourth-order valence-corrected chi connectivity index (χ4v) is 5.28. The standard InChI is InChI=1S/C29H44N6O4/c1-23(2)16-17-27(36)35(26(29(38)32-39)15-9-14-24-10-5-3-6-11-24)34(19-18-25-12-7-4-8-13-25)28(37)20-33-22-30-21-31-33/h4,7-8,12-13,21-24,26,39H,3,5-6,9-11,14-20H2,1-2H3,(H,32,38)/t26-/m0/s1. The molecule has 2 N–H and O–H groups in total. The SMILES string of the molecule is CC(C)CCC(=O)N([C@@H](CCCC1CCCCC1)C(=O)NO)N(CCc1ccccc1)C(=O)Cn1cncn1. The lowest BCUT2D eigenvalue weighted by molar-refractivity contribution is -0.175. The van der Waals surface area contributed by atoms with Crippen LogP contribution in [0.2, 0.25) is 0 Å². The zero-order chi connectivity index (χ0) is 28.0. The summed E-state index contributed by atoms with van der Waals surface area (Å²) in [6.45, 7) is 4.13. The van der Waals surface area contributed by atoms with E-state index in [-0.39, 0.29) is 37.2 Å². The lowest BCUT2D eigenvalue weighted by Gasteiger charge is -2.40. The Kier molecular flexibility index (Phi) is 12.4. The Bertz CT molecular complexity index is 1010. The third kappa shape index (κ3) is 9.76. The van der Waals surface area contributed by atoms with Crippen molar-refractivity contribution in [3.63, 3.8) is 0 Å². The van der Waals surface area contributed by atoms with E-state index in [1.54, 1.807) is 5.48 Å². The topological polar surface area (TPSA) is 121 Å². The van der Waals surface area contributed by atoms with E-state index in [4.69, 9.17) is 0 Å². The summed E-state index contributed by atoms with van der Waals surface area (Å²) in [5, 5.41) is 16.4. The summed E-state index contributed by atoms with van der Waals surface area (Å²) in [6, 6.07) is 8.70. The Morgan fingerprint density at radius 1 is 1.08 bits per heavy atom. The van der Waals surface area contributed by atoms with Crippen molar-refractivity contribution in [1.82, 2.24) is 30.3 Å². The quantitative estimate of drug-likeness (QED) is 0.274. The van der Waals surface area contributed by atoms with Crippen LogP contribution in [0.5, 0.6) is 0 Å². The number of carbonyl (C=O) groups is 3. The number of nitrogens with one attached hydrogen (secondary N) is 1. The van der Waals surface area contributed by atoms with Crippen molar-refractivity contribution in [3.05, 3.63) is 48.5 Å². The van der Waals surface area contributed by atoms with E-state index in [2.05, 4.69) is 10.1 Å². The minimum atomic E-state index is -1.01. The van der Waals surface area contributed by atoms with E-state index in [1.165, 1.54) is 59.5 Å². The number of hydrogen-bond donors (Lipinski definition) is 2. The fraction of sp³-hybridized carbons (Fsp3) is 0.621.